The summed E-state index contributed by atoms with van der Waals surface area (Å²) in [4.78, 5) is 16.3. The highest BCUT2D eigenvalue weighted by Gasteiger charge is 2.51. The Kier molecular flexibility index (Phi) is 4.03. The van der Waals surface area contributed by atoms with Gasteiger partial charge in [-0.3, -0.25) is 0 Å². The minimum Gasteiger partial charge on any atom is -0.504 e. The van der Waals surface area contributed by atoms with Crippen LogP contribution in [0.15, 0.2) is 17.0 Å². The molecule has 2 saturated heterocycles. The number of ether oxygens (including phenoxy) is 1. The van der Waals surface area contributed by atoms with Crippen molar-refractivity contribution in [3.05, 3.63) is 22.6 Å². The minimum absolute atomic E-state index is 0.0481. The van der Waals surface area contributed by atoms with Crippen molar-refractivity contribution in [2.45, 2.75) is 19.0 Å². The fourth-order valence-corrected chi connectivity index (χ4v) is 3.15. The average molecular weight is 394 g/mol. The second kappa shape index (κ2) is 6.06. The molecule has 24 heavy (non-hydrogen) atoms. The zero-order valence-electron chi connectivity index (χ0n) is 12.6. The Labute approximate surface area is 146 Å². The first kappa shape index (κ1) is 15.9. The number of aromatic nitrogens is 3. The van der Waals surface area contributed by atoms with Crippen molar-refractivity contribution < 1.29 is 28.4 Å². The van der Waals surface area contributed by atoms with Gasteiger partial charge in [-0.25, -0.2) is 14.3 Å². The fraction of sp³-hybridized carbons (Fsp3) is 0.364. The minimum atomic E-state index is -0.683. The quantitative estimate of drug-likeness (QED) is 0.606. The molecule has 0 aromatic carbocycles. The standard InChI is InChI=1S/C11H11B3BrN3O6/c1-12-22-13-2-6(14(23-12)24-13)5-21-11(20)7-3-16-18-4-8(15)17-10(18)9(7)19/h3-4,6,19H,2,5H2,1H3. The molecule has 13 heteroatoms. The van der Waals surface area contributed by atoms with Crippen molar-refractivity contribution in [2.24, 2.45) is 0 Å². The number of fused-ring (bicyclic) bond motifs is 3. The third-order valence-corrected chi connectivity index (χ3v) is 4.30. The van der Waals surface area contributed by atoms with Crippen LogP contribution in [0, 0.1) is 0 Å². The Bertz CT molecular complexity index is 807. The third kappa shape index (κ3) is 2.81. The van der Waals surface area contributed by atoms with E-state index >= 15 is 0 Å². The lowest BCUT2D eigenvalue weighted by Gasteiger charge is -2.23. The Morgan fingerprint density at radius 1 is 1.54 bits per heavy atom. The molecule has 4 heterocycles. The molecule has 1 atom stereocenters. The number of carbonyl (C=O) groups excluding carboxylic acids is 1. The smallest absolute Gasteiger partial charge is 0.435 e. The van der Waals surface area contributed by atoms with Crippen LogP contribution in [-0.4, -0.2) is 53.6 Å². The van der Waals surface area contributed by atoms with E-state index < -0.39 is 13.1 Å². The zero-order chi connectivity index (χ0) is 16.8. The van der Waals surface area contributed by atoms with Crippen molar-refractivity contribution in [3.63, 3.8) is 0 Å². The van der Waals surface area contributed by atoms with Gasteiger partial charge in [0.15, 0.2) is 11.4 Å². The van der Waals surface area contributed by atoms with Crippen LogP contribution in [0.2, 0.25) is 19.0 Å². The lowest BCUT2D eigenvalue weighted by atomic mass is 9.69. The molecule has 0 saturated carbocycles. The van der Waals surface area contributed by atoms with Gasteiger partial charge in [0.25, 0.3) is 0 Å². The van der Waals surface area contributed by atoms with E-state index in [4.69, 9.17) is 18.5 Å². The van der Waals surface area contributed by atoms with Gasteiger partial charge >= 0.3 is 27.3 Å². The van der Waals surface area contributed by atoms with Gasteiger partial charge in [-0.1, -0.05) is 0 Å². The number of hydrogen-bond acceptors (Lipinski definition) is 8. The van der Waals surface area contributed by atoms with Gasteiger partial charge in [0.2, 0.25) is 0 Å². The van der Waals surface area contributed by atoms with E-state index in [1.165, 1.54) is 10.7 Å². The molecule has 2 fully saturated rings. The number of esters is 1. The number of nitrogens with zero attached hydrogens (tertiary/aromatic N) is 3. The van der Waals surface area contributed by atoms with E-state index in [0.29, 0.717) is 10.9 Å². The molecule has 1 unspecified atom stereocenters. The second-order valence-corrected chi connectivity index (χ2v) is 6.42. The highest BCUT2D eigenvalue weighted by atomic mass is 79.9. The maximum atomic E-state index is 12.2. The molecule has 2 aliphatic heterocycles. The molecule has 1 N–H and O–H groups in total. The molecule has 122 valence electrons. The van der Waals surface area contributed by atoms with Crippen molar-refractivity contribution in [3.8, 4) is 5.75 Å². The summed E-state index contributed by atoms with van der Waals surface area (Å²) in [6.07, 6.45) is 3.39. The fourth-order valence-electron chi connectivity index (χ4n) is 2.79. The number of imidazole rings is 1. The van der Waals surface area contributed by atoms with Crippen molar-refractivity contribution in [2.75, 3.05) is 6.61 Å². The van der Waals surface area contributed by atoms with E-state index in [2.05, 4.69) is 26.0 Å². The molecule has 0 spiro atoms. The van der Waals surface area contributed by atoms with Crippen molar-refractivity contribution in [1.29, 1.82) is 0 Å². The number of aromatic hydroxyl groups is 1. The Morgan fingerprint density at radius 2 is 2.38 bits per heavy atom. The van der Waals surface area contributed by atoms with E-state index in [1.807, 2.05) is 0 Å². The first-order chi connectivity index (χ1) is 11.5. The van der Waals surface area contributed by atoms with Gasteiger partial charge in [0, 0.05) is 5.82 Å². The molecular formula is C11H11B3BrN3O6. The zero-order valence-corrected chi connectivity index (χ0v) is 14.2. The molecule has 2 aromatic rings. The normalized spacial score (nSPS) is 20.1. The van der Waals surface area contributed by atoms with Crippen molar-refractivity contribution in [1.82, 2.24) is 14.6 Å². The van der Waals surface area contributed by atoms with Gasteiger partial charge in [-0.05, 0) is 29.1 Å². The van der Waals surface area contributed by atoms with Gasteiger partial charge < -0.3 is 23.6 Å². The molecule has 0 amide bonds. The summed E-state index contributed by atoms with van der Waals surface area (Å²) in [6, 6.07) is 0. The van der Waals surface area contributed by atoms with Crippen LogP contribution in [0.4, 0.5) is 0 Å². The largest absolute Gasteiger partial charge is 0.504 e. The summed E-state index contributed by atoms with van der Waals surface area (Å²) in [7, 11) is -1.14. The molecule has 2 aromatic heterocycles. The Morgan fingerprint density at radius 3 is 3.21 bits per heavy atom. The van der Waals surface area contributed by atoms with Crippen molar-refractivity contribution >= 4 is 48.9 Å². The number of rotatable bonds is 3. The summed E-state index contributed by atoms with van der Waals surface area (Å²) in [5, 5.41) is 14.2. The molecular weight excluding hydrogens is 382 g/mol. The van der Waals surface area contributed by atoms with Gasteiger partial charge in [-0.15, -0.1) is 0 Å². The van der Waals surface area contributed by atoms with Crippen LogP contribution in [-0.2, 0) is 18.5 Å². The highest BCUT2D eigenvalue weighted by molar-refractivity contribution is 9.10. The van der Waals surface area contributed by atoms with E-state index in [0.717, 1.165) is 0 Å². The molecule has 9 nitrogen and oxygen atoms in total. The molecule has 2 bridgehead atoms. The second-order valence-electron chi connectivity index (χ2n) is 5.61. The lowest BCUT2D eigenvalue weighted by molar-refractivity contribution is 0.0497. The van der Waals surface area contributed by atoms with Gasteiger partial charge in [-0.2, -0.15) is 5.10 Å². The summed E-state index contributed by atoms with van der Waals surface area (Å²) >= 11 is 3.19. The number of halogens is 1. The summed E-state index contributed by atoms with van der Waals surface area (Å²) < 4.78 is 23.5. The number of carbonyl (C=O) groups is 1. The molecule has 0 aliphatic carbocycles. The summed E-state index contributed by atoms with van der Waals surface area (Å²) in [5.74, 6) is -1.09. The maximum Gasteiger partial charge on any atom is 0.435 e. The lowest BCUT2D eigenvalue weighted by Crippen LogP contribution is -2.42. The summed E-state index contributed by atoms with van der Waals surface area (Å²) in [5.41, 5.74) is 0.120. The Hall–Kier alpha value is -1.56. The number of hydrogen-bond donors (Lipinski definition) is 1. The van der Waals surface area contributed by atoms with Crippen LogP contribution in [0.25, 0.3) is 5.65 Å². The average Bonchev–Trinajstić information content (AvgIpc) is 3.05. The first-order valence-corrected chi connectivity index (χ1v) is 8.17. The molecule has 0 radical (unpaired) electrons. The van der Waals surface area contributed by atoms with Crippen LogP contribution >= 0.6 is 15.9 Å². The SMILES string of the molecule is CB1OB2CC(COC(=O)c3cnn4cc(Br)nc4c3O)B(O1)O2. The predicted octanol–water partition coefficient (Wildman–Crippen LogP) is 0.896. The van der Waals surface area contributed by atoms with Gasteiger partial charge in [0.1, 0.15) is 10.2 Å². The maximum absolute atomic E-state index is 12.2. The summed E-state index contributed by atoms with van der Waals surface area (Å²) in [6.45, 7) is 1.89. The molecule has 4 rings (SSSR count). The van der Waals surface area contributed by atoms with Crippen LogP contribution in [0.5, 0.6) is 5.75 Å². The van der Waals surface area contributed by atoms with Crippen LogP contribution in [0.3, 0.4) is 0 Å². The third-order valence-electron chi connectivity index (χ3n) is 3.92. The van der Waals surface area contributed by atoms with E-state index in [9.17, 15) is 9.90 Å². The first-order valence-electron chi connectivity index (χ1n) is 7.37. The van der Waals surface area contributed by atoms with Crippen LogP contribution in [0.1, 0.15) is 10.4 Å². The topological polar surface area (TPSA) is 104 Å². The van der Waals surface area contributed by atoms with Crippen LogP contribution < -0.4 is 0 Å². The van der Waals surface area contributed by atoms with E-state index in [1.54, 1.807) is 13.0 Å². The van der Waals surface area contributed by atoms with Gasteiger partial charge in [0.05, 0.1) is 19.0 Å². The monoisotopic (exact) mass is 393 g/mol. The predicted molar refractivity (Wildman–Crippen MR) is 87.6 cm³/mol. The van der Waals surface area contributed by atoms with E-state index in [-0.39, 0.29) is 43.6 Å². The highest BCUT2D eigenvalue weighted by Crippen LogP contribution is 2.34. The molecule has 2 aliphatic rings. The Balaban J connectivity index is 1.46.